The lowest BCUT2D eigenvalue weighted by Crippen LogP contribution is -2.59. The number of rotatable bonds is 18. The van der Waals surface area contributed by atoms with E-state index in [0.717, 1.165) is 195 Å². The monoisotopic (exact) mass is 2160 g/mol. The number of ketones is 1. The Morgan fingerprint density at radius 2 is 0.653 bits per heavy atom. The number of carbonyl (C=O) groups excluding carboxylic acids is 1. The molecule has 19 fully saturated rings. The zero-order chi connectivity index (χ0) is 103. The van der Waals surface area contributed by atoms with Gasteiger partial charge in [-0.15, -0.1) is 35.3 Å². The Balaban J connectivity index is 0.0000000964. The van der Waals surface area contributed by atoms with Crippen molar-refractivity contribution in [1.29, 1.82) is 0 Å². The highest BCUT2D eigenvalue weighted by atomic mass is 32.2. The normalized spacial score (nSPS) is 30.0. The van der Waals surface area contributed by atoms with Gasteiger partial charge in [-0.1, -0.05) is 106 Å². The highest BCUT2D eigenvalue weighted by Crippen LogP contribution is 2.71. The predicted molar refractivity (Wildman–Crippen MR) is 593 cm³/mol. The molecular weight excluding hydrogens is 2020 g/mol. The van der Waals surface area contributed by atoms with E-state index in [2.05, 4.69) is 110 Å². The Labute approximate surface area is 904 Å². The fourth-order valence-corrected chi connectivity index (χ4v) is 41.9. The first kappa shape index (κ1) is 104. The average Bonchev–Trinajstić information content (AvgIpc) is 0.748. The van der Waals surface area contributed by atoms with Crippen molar-refractivity contribution in [2.75, 3.05) is 14.1 Å². The van der Waals surface area contributed by atoms with E-state index in [1.807, 2.05) is 65.7 Å². The third-order valence-corrected chi connectivity index (χ3v) is 46.5. The quantitative estimate of drug-likeness (QED) is 0.0579. The lowest BCUT2D eigenvalue weighted by atomic mass is 9.45. The number of carbonyl (C=O) groups is 1. The maximum atomic E-state index is 13.9. The molecule has 0 radical (unpaired) electrons. The fourth-order valence-electron chi connectivity index (χ4n) is 31.0. The molecule has 16 nitrogen and oxygen atoms in total. The topological polar surface area (TPSA) is 201 Å². The highest BCUT2D eigenvalue weighted by Gasteiger charge is 2.62. The summed E-state index contributed by atoms with van der Waals surface area (Å²) in [7, 11) is 4.49. The second-order valence-electron chi connectivity index (χ2n) is 47.6. The Bertz CT molecular complexity index is 7180. The van der Waals surface area contributed by atoms with E-state index in [4.69, 9.17) is 0 Å². The number of fused-ring (bicyclic) bond motifs is 11. The van der Waals surface area contributed by atoms with Crippen LogP contribution in [0.5, 0.6) is 0 Å². The number of hydrogen-bond donors (Lipinski definition) is 0. The molecule has 0 N–H and O–H groups in total. The van der Waals surface area contributed by atoms with E-state index < -0.39 is 0 Å². The number of benzene rings is 7. The summed E-state index contributed by atoms with van der Waals surface area (Å²) in [5, 5.41) is 14.4. The molecule has 0 saturated heterocycles. The molecule has 33 rings (SSSR count). The van der Waals surface area contributed by atoms with Crippen molar-refractivity contribution in [2.45, 2.75) is 328 Å². The van der Waals surface area contributed by atoms with Gasteiger partial charge in [0, 0.05) is 91.3 Å². The van der Waals surface area contributed by atoms with Gasteiger partial charge in [-0.2, -0.15) is 0 Å². The summed E-state index contributed by atoms with van der Waals surface area (Å²) in [6.07, 6.45) is 55.6. The zero-order valence-corrected chi connectivity index (χ0v) is 92.0. The van der Waals surface area contributed by atoms with Crippen LogP contribution in [0.15, 0.2) is 207 Å². The van der Waals surface area contributed by atoms with Crippen molar-refractivity contribution in [3.63, 3.8) is 0 Å². The van der Waals surface area contributed by atoms with E-state index >= 15 is 0 Å². The summed E-state index contributed by atoms with van der Waals surface area (Å²) in [4.78, 5) is 75.6. The molecule has 16 bridgehead atoms. The van der Waals surface area contributed by atoms with Gasteiger partial charge in [0.2, 0.25) is 0 Å². The molecule has 7 aromatic heterocycles. The summed E-state index contributed by atoms with van der Waals surface area (Å²) >= 11 is 12.9. The molecule has 0 aliphatic heterocycles. The molecule has 19 saturated carbocycles. The Morgan fingerprint density at radius 3 is 1.01 bits per heavy atom. The van der Waals surface area contributed by atoms with Crippen LogP contribution in [-0.2, 0) is 4.79 Å². The van der Waals surface area contributed by atoms with Gasteiger partial charge in [0.25, 0.3) is 0 Å². The summed E-state index contributed by atoms with van der Waals surface area (Å²) in [5.41, 5.74) is 6.41. The molecule has 784 valence electrons. The van der Waals surface area contributed by atoms with Crippen LogP contribution in [0.3, 0.4) is 0 Å². The lowest BCUT2D eigenvalue weighted by Gasteiger charge is -2.64. The van der Waals surface area contributed by atoms with E-state index in [1.54, 1.807) is 147 Å². The molecule has 10 atom stereocenters. The highest BCUT2D eigenvalue weighted by molar-refractivity contribution is 8.02. The largest absolute Gasteiger partial charge is 0.306 e. The molecule has 14 aromatic rings. The van der Waals surface area contributed by atoms with Crippen LogP contribution in [-0.4, -0.2) is 135 Å². The molecule has 30 heteroatoms. The number of hydrogen-bond acceptors (Lipinski definition) is 23. The SMILES string of the molecule is CC1(Sc2ncnc3ccc(F)cc23)CCC2CC1C2(C)C.CCC(=O)CC12CC3CC(C1)CC(Sc1ncnc4ccc(F)cc14)(C3)C2.CN(C)C1C2CC3CC1CC(Sc1ncnc4ccc(F)cc14)(C3)C2.Fc1ccc2ncnc(SC34CC5CC(CC(C5)C3)C4)c2c1.Fc1ccc2ncnc(SC3CC4CCC3C4)c2c1.Fc1ccc2ncnc(SC3CCCC3)c2c1.Fc1ccc2ncnc(SC3CCCCC3)c2c1. The predicted octanol–water partition coefficient (Wildman–Crippen LogP) is 31.9. The first-order valence-corrected chi connectivity index (χ1v) is 60.7. The minimum absolute atomic E-state index is 0.145. The van der Waals surface area contributed by atoms with Gasteiger partial charge in [-0.05, 0) is 404 Å². The van der Waals surface area contributed by atoms with Gasteiger partial charge in [0.05, 0.1) is 38.6 Å². The number of aromatic nitrogens is 14. The molecule has 7 heterocycles. The van der Waals surface area contributed by atoms with Gasteiger partial charge >= 0.3 is 0 Å². The minimum atomic E-state index is -0.241. The summed E-state index contributed by atoms with van der Waals surface area (Å²) in [6.45, 7) is 9.16. The van der Waals surface area contributed by atoms with Crippen molar-refractivity contribution >= 4 is 164 Å². The van der Waals surface area contributed by atoms with Gasteiger partial charge in [0.15, 0.2) is 0 Å². The second kappa shape index (κ2) is 43.9. The van der Waals surface area contributed by atoms with E-state index in [-0.39, 0.29) is 60.4 Å². The maximum absolute atomic E-state index is 13.9. The second-order valence-corrected chi connectivity index (χ2v) is 57.3. The first-order chi connectivity index (χ1) is 72.5. The van der Waals surface area contributed by atoms with Crippen molar-refractivity contribution in [3.8, 4) is 0 Å². The van der Waals surface area contributed by atoms with Crippen LogP contribution in [0.2, 0.25) is 0 Å². The van der Waals surface area contributed by atoms with Gasteiger partial charge in [-0.3, -0.25) is 4.79 Å². The third-order valence-electron chi connectivity index (χ3n) is 36.6. The smallest absolute Gasteiger partial charge is 0.133 e. The molecule has 10 unspecified atom stereocenters. The van der Waals surface area contributed by atoms with Crippen LogP contribution in [0.1, 0.15) is 252 Å². The van der Waals surface area contributed by atoms with Crippen LogP contribution in [0.4, 0.5) is 30.7 Å². The van der Waals surface area contributed by atoms with Crippen LogP contribution in [0.25, 0.3) is 76.3 Å². The van der Waals surface area contributed by atoms with Crippen molar-refractivity contribution in [3.05, 3.63) is 212 Å². The zero-order valence-electron chi connectivity index (χ0n) is 86.3. The number of thioether (sulfide) groups is 7. The maximum Gasteiger partial charge on any atom is 0.133 e. The van der Waals surface area contributed by atoms with Crippen LogP contribution < -0.4 is 0 Å². The first-order valence-electron chi connectivity index (χ1n) is 54.8. The Kier molecular flexibility index (Phi) is 30.6. The summed E-state index contributed by atoms with van der Waals surface area (Å²) < 4.78 is 95.9. The van der Waals surface area contributed by atoms with E-state index in [9.17, 15) is 35.5 Å². The van der Waals surface area contributed by atoms with E-state index in [0.29, 0.717) is 44.0 Å². The number of halogens is 7. The molecule has 19 aliphatic carbocycles. The summed E-state index contributed by atoms with van der Waals surface area (Å²) in [5.74, 6) is 8.94. The molecule has 150 heavy (non-hydrogen) atoms. The molecule has 0 amide bonds. The third kappa shape index (κ3) is 22.7. The average molecular weight is 2160 g/mol. The minimum Gasteiger partial charge on any atom is -0.306 e. The summed E-state index contributed by atoms with van der Waals surface area (Å²) in [6, 6.07) is 34.1. The van der Waals surface area contributed by atoms with Gasteiger partial charge in [0.1, 0.15) is 126 Å². The van der Waals surface area contributed by atoms with Gasteiger partial charge in [-0.25, -0.2) is 101 Å². The van der Waals surface area contributed by atoms with E-state index in [1.165, 1.54) is 254 Å². The molecular formula is C120H132F7N15OS7. The van der Waals surface area contributed by atoms with Crippen LogP contribution >= 0.6 is 82.3 Å². The van der Waals surface area contributed by atoms with Crippen LogP contribution in [0, 0.1) is 123 Å². The molecule has 19 aliphatic rings. The molecule has 0 spiro atoms. The van der Waals surface area contributed by atoms with Crippen molar-refractivity contribution < 1.29 is 35.5 Å². The fraction of sp³-hybridized carbons (Fsp3) is 0.525. The Hall–Kier alpha value is -8.49. The Morgan fingerprint density at radius 1 is 0.327 bits per heavy atom. The number of Topliss-reactive ketones (excluding diaryl/α,β-unsaturated/α-hetero) is 1. The standard InChI is InChI=1S/C22H25FN2OS.C20H24FN3S.C18H19FN2S.C18H21FN2S.C15H15FN2S.C14H15FN2S.C13H13FN2S/c1-2-17(26)11-21-7-14-5-15(8-21)10-22(9-14,12-21)27-20-18-6-16(23)3-4-19(18)24-13-25-20;1-24(2)18-13-5-12-6-14(18)10-20(8-12,9-13)25-19-16-7-15(21)3-4-17(16)22-11-23-19;19-14-1-2-16-15(6-14)17(21-10-20-16)22-18-7-11-3-12(8-18)5-13(4-11)9-18;1-17(2)11-6-7-18(3,15(17)8-11)22-16-13-9-12(19)4-5-14(13)20-10-21-16;16-11-3-4-13-12(7-11)15(18-8-17-13)19-14-6-9-1-2-10(14)5-9;15-10-6-7-13-12(8-10)14(17-9-16-13)18-11-4-2-1-3-5-11;14-9-5-6-12-11(7-9)13(16-8-15-12)17-10-3-1-2-4-10/h3-4,6,13-15H,2,5,7-12H2,1H3;3-4,7,11-14,18H,5-6,8-10H2,1-2H3;1-2,6,10-13H,3-5,7-9H2;4-5,9-11,15H,6-8H2,1-3H3;3-4,7-10,14H,1-2,5-6H2;6-9,11H,1-5H2;5-8,10H,1-4H2. The lowest BCUT2D eigenvalue weighted by molar-refractivity contribution is -0.125. The van der Waals surface area contributed by atoms with Crippen molar-refractivity contribution in [1.82, 2.24) is 74.7 Å². The molecule has 7 aromatic carbocycles. The van der Waals surface area contributed by atoms with Crippen molar-refractivity contribution in [2.24, 2.45) is 81.8 Å². The van der Waals surface area contributed by atoms with Gasteiger partial charge < -0.3 is 4.90 Å². The number of nitrogens with zero attached hydrogens (tertiary/aromatic N) is 15.